The van der Waals surface area contributed by atoms with Gasteiger partial charge in [-0.3, -0.25) is 9.00 Å². The Morgan fingerprint density at radius 2 is 2.26 bits per heavy atom. The van der Waals surface area contributed by atoms with Crippen LogP contribution in [0.5, 0.6) is 5.75 Å². The normalized spacial score (nSPS) is 20.6. The van der Waals surface area contributed by atoms with Crippen molar-refractivity contribution in [3.05, 3.63) is 18.2 Å². The predicted octanol–water partition coefficient (Wildman–Crippen LogP) is 1.01. The first-order chi connectivity index (χ1) is 9.04. The summed E-state index contributed by atoms with van der Waals surface area (Å²) in [5.41, 5.74) is 6.30. The van der Waals surface area contributed by atoms with E-state index in [2.05, 4.69) is 0 Å². The fourth-order valence-corrected chi connectivity index (χ4v) is 3.61. The lowest BCUT2D eigenvalue weighted by Crippen LogP contribution is -2.28. The fraction of sp³-hybridized carbons (Fsp3) is 0.462. The molecule has 1 amide bonds. The van der Waals surface area contributed by atoms with E-state index in [0.717, 1.165) is 0 Å². The van der Waals surface area contributed by atoms with E-state index in [4.69, 9.17) is 10.5 Å². The molecule has 1 aromatic rings. The van der Waals surface area contributed by atoms with E-state index in [0.29, 0.717) is 35.9 Å². The molecule has 1 saturated heterocycles. The van der Waals surface area contributed by atoms with Crippen LogP contribution < -0.4 is 10.5 Å². The molecule has 104 valence electrons. The van der Waals surface area contributed by atoms with Gasteiger partial charge in [0, 0.05) is 19.3 Å². The van der Waals surface area contributed by atoms with Gasteiger partial charge < -0.3 is 15.4 Å². The lowest BCUT2D eigenvalue weighted by Gasteiger charge is -2.13. The summed E-state index contributed by atoms with van der Waals surface area (Å²) in [7, 11) is 0.291. The van der Waals surface area contributed by atoms with E-state index < -0.39 is 16.0 Å². The van der Waals surface area contributed by atoms with E-state index in [1.165, 1.54) is 0 Å². The van der Waals surface area contributed by atoms with Crippen LogP contribution in [0.1, 0.15) is 13.3 Å². The second-order valence-corrected chi connectivity index (χ2v) is 6.07. The van der Waals surface area contributed by atoms with Crippen LogP contribution in [0.2, 0.25) is 0 Å². The van der Waals surface area contributed by atoms with E-state index in [-0.39, 0.29) is 5.91 Å². The van der Waals surface area contributed by atoms with Gasteiger partial charge in [0.05, 0.1) is 22.3 Å². The molecule has 2 rings (SSSR count). The predicted molar refractivity (Wildman–Crippen MR) is 74.5 cm³/mol. The molecule has 1 aromatic carbocycles. The average molecular weight is 282 g/mol. The van der Waals surface area contributed by atoms with Crippen molar-refractivity contribution in [1.29, 1.82) is 0 Å². The number of likely N-dealkylation sites (tertiary alicyclic amines) is 1. The minimum Gasteiger partial charge on any atom is -0.494 e. The first-order valence-corrected chi connectivity index (χ1v) is 7.43. The minimum atomic E-state index is -1.43. The van der Waals surface area contributed by atoms with Crippen LogP contribution in [-0.4, -0.2) is 40.5 Å². The third-order valence-corrected chi connectivity index (χ3v) is 4.89. The van der Waals surface area contributed by atoms with Crippen molar-refractivity contribution in [2.75, 3.05) is 25.9 Å². The minimum absolute atomic E-state index is 0.0838. The van der Waals surface area contributed by atoms with Crippen LogP contribution >= 0.6 is 0 Å². The molecule has 0 aliphatic carbocycles. The summed E-state index contributed by atoms with van der Waals surface area (Å²) in [6.45, 7) is 3.05. The lowest BCUT2D eigenvalue weighted by molar-refractivity contribution is -0.126. The van der Waals surface area contributed by atoms with Gasteiger partial charge >= 0.3 is 0 Å². The van der Waals surface area contributed by atoms with Crippen molar-refractivity contribution in [1.82, 2.24) is 4.90 Å². The summed E-state index contributed by atoms with van der Waals surface area (Å²) in [4.78, 5) is 14.0. The van der Waals surface area contributed by atoms with Crippen LogP contribution in [0.4, 0.5) is 5.69 Å². The van der Waals surface area contributed by atoms with Gasteiger partial charge in [-0.2, -0.15) is 0 Å². The summed E-state index contributed by atoms with van der Waals surface area (Å²) >= 11 is 0. The molecule has 1 fully saturated rings. The number of ether oxygens (including phenoxy) is 1. The smallest absolute Gasteiger partial charge is 0.238 e. The number of nitrogens with two attached hydrogens (primary N) is 1. The second-order valence-electron chi connectivity index (χ2n) is 4.47. The summed E-state index contributed by atoms with van der Waals surface area (Å²) in [6.07, 6.45) is 0.597. The van der Waals surface area contributed by atoms with E-state index in [9.17, 15) is 9.00 Å². The van der Waals surface area contributed by atoms with E-state index in [1.807, 2.05) is 6.92 Å². The van der Waals surface area contributed by atoms with Crippen molar-refractivity contribution in [2.45, 2.75) is 23.5 Å². The molecule has 0 bridgehead atoms. The number of amides is 1. The Morgan fingerprint density at radius 1 is 1.53 bits per heavy atom. The summed E-state index contributed by atoms with van der Waals surface area (Å²) in [6, 6.07) is 5.07. The van der Waals surface area contributed by atoms with Gasteiger partial charge in [-0.15, -0.1) is 0 Å². The molecule has 1 aliphatic rings. The topological polar surface area (TPSA) is 72.6 Å². The number of benzene rings is 1. The van der Waals surface area contributed by atoms with Crippen LogP contribution in [0.3, 0.4) is 0 Å². The van der Waals surface area contributed by atoms with Crippen molar-refractivity contribution in [3.8, 4) is 5.75 Å². The van der Waals surface area contributed by atoms with Crippen LogP contribution in [0.15, 0.2) is 23.1 Å². The molecule has 2 unspecified atom stereocenters. The molecule has 0 radical (unpaired) electrons. The summed E-state index contributed by atoms with van der Waals surface area (Å²) in [5.74, 6) is 0.540. The van der Waals surface area contributed by atoms with E-state index in [1.54, 1.807) is 30.1 Å². The van der Waals surface area contributed by atoms with Crippen LogP contribution in [-0.2, 0) is 15.6 Å². The molecule has 2 atom stereocenters. The number of hydrogen-bond acceptors (Lipinski definition) is 4. The molecule has 0 spiro atoms. The number of carbonyl (C=O) groups is 1. The number of carbonyl (C=O) groups excluding carboxylic acids is 1. The molecule has 5 nitrogen and oxygen atoms in total. The van der Waals surface area contributed by atoms with Crippen molar-refractivity contribution in [3.63, 3.8) is 0 Å². The maximum absolute atomic E-state index is 12.5. The monoisotopic (exact) mass is 282 g/mol. The second kappa shape index (κ2) is 5.61. The first kappa shape index (κ1) is 13.9. The molecule has 0 aromatic heterocycles. The zero-order chi connectivity index (χ0) is 14.0. The zero-order valence-electron chi connectivity index (χ0n) is 11.1. The lowest BCUT2D eigenvalue weighted by atomic mass is 10.3. The molecular formula is C13H18N2O3S. The quantitative estimate of drug-likeness (QED) is 0.836. The maximum Gasteiger partial charge on any atom is 0.238 e. The summed E-state index contributed by atoms with van der Waals surface area (Å²) in [5, 5.41) is -0.496. The Kier molecular flexibility index (Phi) is 4.09. The fourth-order valence-electron chi connectivity index (χ4n) is 2.09. The van der Waals surface area contributed by atoms with Gasteiger partial charge in [-0.25, -0.2) is 0 Å². The highest BCUT2D eigenvalue weighted by molar-refractivity contribution is 7.86. The van der Waals surface area contributed by atoms with Gasteiger partial charge in [0.1, 0.15) is 11.0 Å². The molecule has 2 N–H and O–H groups in total. The standard InChI is InChI=1S/C13H18N2O3S/c1-3-18-9-4-5-10(14)12(8-9)19(17)11-6-7-15(2)13(11)16/h4-5,8,11H,3,6-7,14H2,1-2H3. The highest BCUT2D eigenvalue weighted by Gasteiger charge is 2.35. The molecule has 0 saturated carbocycles. The first-order valence-electron chi connectivity index (χ1n) is 6.22. The van der Waals surface area contributed by atoms with Crippen LogP contribution in [0.25, 0.3) is 0 Å². The van der Waals surface area contributed by atoms with Gasteiger partial charge in [-0.1, -0.05) is 0 Å². The van der Waals surface area contributed by atoms with Crippen LogP contribution in [0, 0.1) is 0 Å². The highest BCUT2D eigenvalue weighted by atomic mass is 32.2. The Balaban J connectivity index is 2.28. The van der Waals surface area contributed by atoms with Gasteiger partial charge in [-0.05, 0) is 31.5 Å². The largest absolute Gasteiger partial charge is 0.494 e. The maximum atomic E-state index is 12.5. The van der Waals surface area contributed by atoms with Crippen molar-refractivity contribution in [2.24, 2.45) is 0 Å². The van der Waals surface area contributed by atoms with E-state index >= 15 is 0 Å². The third kappa shape index (κ3) is 2.73. The van der Waals surface area contributed by atoms with Gasteiger partial charge in [0.25, 0.3) is 0 Å². The third-order valence-electron chi connectivity index (χ3n) is 3.15. The Labute approximate surface area is 115 Å². The van der Waals surface area contributed by atoms with Crippen molar-refractivity contribution >= 4 is 22.4 Å². The molecule has 1 heterocycles. The number of hydrogen-bond donors (Lipinski definition) is 1. The molecule has 19 heavy (non-hydrogen) atoms. The number of nitrogen functional groups attached to an aromatic ring is 1. The SMILES string of the molecule is CCOc1ccc(N)c(S(=O)C2CCN(C)C2=O)c1. The molecular weight excluding hydrogens is 264 g/mol. The molecule has 1 aliphatic heterocycles. The Bertz CT molecular complexity index is 519. The average Bonchev–Trinajstić information content (AvgIpc) is 2.72. The number of anilines is 1. The Morgan fingerprint density at radius 3 is 2.84 bits per heavy atom. The number of nitrogens with zero attached hydrogens (tertiary/aromatic N) is 1. The van der Waals surface area contributed by atoms with Gasteiger partial charge in [0.15, 0.2) is 0 Å². The highest BCUT2D eigenvalue weighted by Crippen LogP contribution is 2.28. The van der Waals surface area contributed by atoms with Gasteiger partial charge in [0.2, 0.25) is 5.91 Å². The summed E-state index contributed by atoms with van der Waals surface area (Å²) < 4.78 is 17.9. The molecule has 6 heteroatoms. The Hall–Kier alpha value is -1.56. The number of rotatable bonds is 4. The zero-order valence-corrected chi connectivity index (χ0v) is 11.9. The van der Waals surface area contributed by atoms with Crippen molar-refractivity contribution < 1.29 is 13.7 Å².